The summed E-state index contributed by atoms with van der Waals surface area (Å²) in [7, 11) is 0. The minimum absolute atomic E-state index is 0.571. The molecule has 0 unspecified atom stereocenters. The summed E-state index contributed by atoms with van der Waals surface area (Å²) in [6.45, 7) is 0. The van der Waals surface area contributed by atoms with Crippen molar-refractivity contribution < 1.29 is 8.83 Å². The van der Waals surface area contributed by atoms with Crippen molar-refractivity contribution in [2.45, 2.75) is 0 Å². The largest absolute Gasteiger partial charge is 0.455 e. The first-order chi connectivity index (χ1) is 28.2. The van der Waals surface area contributed by atoms with Crippen molar-refractivity contribution in [1.82, 2.24) is 19.9 Å². The highest BCUT2D eigenvalue weighted by atomic mass is 32.1. The smallest absolute Gasteiger partial charge is 0.227 e. The third-order valence-electron chi connectivity index (χ3n) is 10.8. The van der Waals surface area contributed by atoms with E-state index in [-0.39, 0.29) is 0 Å². The Labute approximate surface area is 329 Å². The number of aromatic nitrogens is 4. The van der Waals surface area contributed by atoms with Gasteiger partial charge in [-0.3, -0.25) is 0 Å². The van der Waals surface area contributed by atoms with Crippen molar-refractivity contribution in [2.24, 2.45) is 0 Å². The molecule has 12 aromatic rings. The first kappa shape index (κ1) is 31.8. The molecule has 57 heavy (non-hydrogen) atoms. The van der Waals surface area contributed by atoms with E-state index in [1.165, 1.54) is 20.2 Å². The van der Waals surface area contributed by atoms with Crippen LogP contribution in [0.5, 0.6) is 0 Å². The molecule has 6 nitrogen and oxygen atoms in total. The van der Waals surface area contributed by atoms with Gasteiger partial charge in [-0.1, -0.05) is 121 Å². The van der Waals surface area contributed by atoms with Gasteiger partial charge in [0.15, 0.2) is 23.1 Å². The van der Waals surface area contributed by atoms with E-state index in [1.807, 2.05) is 84.9 Å². The lowest BCUT2D eigenvalue weighted by atomic mass is 9.94. The summed E-state index contributed by atoms with van der Waals surface area (Å²) < 4.78 is 15.9. The second-order valence-corrected chi connectivity index (χ2v) is 15.2. The second kappa shape index (κ2) is 12.5. The lowest BCUT2D eigenvalue weighted by Gasteiger charge is -2.12. The van der Waals surface area contributed by atoms with Crippen LogP contribution in [0.25, 0.3) is 121 Å². The van der Waals surface area contributed by atoms with E-state index in [0.717, 1.165) is 77.2 Å². The molecule has 0 fully saturated rings. The Kier molecular flexibility index (Phi) is 7.00. The molecule has 7 heteroatoms. The number of nitrogens with zero attached hydrogens (tertiary/aromatic N) is 4. The normalized spacial score (nSPS) is 11.9. The van der Waals surface area contributed by atoms with E-state index in [2.05, 4.69) is 84.9 Å². The van der Waals surface area contributed by atoms with E-state index in [0.29, 0.717) is 23.4 Å². The van der Waals surface area contributed by atoms with Gasteiger partial charge in [0.25, 0.3) is 0 Å². The van der Waals surface area contributed by atoms with Crippen LogP contribution in [-0.2, 0) is 0 Å². The highest BCUT2D eigenvalue weighted by Gasteiger charge is 2.23. The van der Waals surface area contributed by atoms with Crippen molar-refractivity contribution in [3.8, 4) is 56.7 Å². The van der Waals surface area contributed by atoms with Gasteiger partial charge in [0, 0.05) is 64.1 Å². The van der Waals surface area contributed by atoms with Crippen LogP contribution in [0.15, 0.2) is 179 Å². The first-order valence-corrected chi connectivity index (χ1v) is 19.6. The molecule has 0 aliphatic carbocycles. The topological polar surface area (TPSA) is 77.8 Å². The average Bonchev–Trinajstić information content (AvgIpc) is 4.00. The molecule has 12 rings (SSSR count). The molecule has 0 saturated heterocycles. The lowest BCUT2D eigenvalue weighted by molar-refractivity contribution is 0.623. The van der Waals surface area contributed by atoms with Gasteiger partial charge in [-0.25, -0.2) is 19.9 Å². The summed E-state index contributed by atoms with van der Waals surface area (Å²) in [4.78, 5) is 20.4. The van der Waals surface area contributed by atoms with Crippen LogP contribution in [0.1, 0.15) is 0 Å². The summed E-state index contributed by atoms with van der Waals surface area (Å²) in [5.74, 6) is 2.37. The molecular formula is C50H28N4O2S. The summed E-state index contributed by atoms with van der Waals surface area (Å²) in [5.41, 5.74) is 8.63. The van der Waals surface area contributed by atoms with Gasteiger partial charge in [-0.05, 0) is 59.5 Å². The highest BCUT2D eigenvalue weighted by Crippen LogP contribution is 2.45. The average molecular weight is 749 g/mol. The van der Waals surface area contributed by atoms with Gasteiger partial charge >= 0.3 is 0 Å². The van der Waals surface area contributed by atoms with Crippen molar-refractivity contribution in [1.29, 1.82) is 0 Å². The number of rotatable bonds is 5. The van der Waals surface area contributed by atoms with Gasteiger partial charge in [-0.15, -0.1) is 11.3 Å². The maximum absolute atomic E-state index is 6.83. The van der Waals surface area contributed by atoms with Crippen molar-refractivity contribution in [2.75, 3.05) is 0 Å². The summed E-state index contributed by atoms with van der Waals surface area (Å²) in [5, 5.41) is 6.43. The molecule has 0 radical (unpaired) electrons. The van der Waals surface area contributed by atoms with Gasteiger partial charge in [0.1, 0.15) is 16.7 Å². The maximum atomic E-state index is 6.83. The first-order valence-electron chi connectivity index (χ1n) is 18.8. The Hall–Kier alpha value is -7.48. The van der Waals surface area contributed by atoms with E-state index >= 15 is 0 Å². The predicted octanol–water partition coefficient (Wildman–Crippen LogP) is 13.8. The molecule has 0 spiro atoms. The SMILES string of the molecule is c1ccc(-c2nc(-c3ccc4c(c3)sc3ccccc34)nc(-c3ccc(-c4cccc5ccc6nc(-c7ccccc7)oc6c45)c4oc5ccccc5c34)n2)cc1. The molecule has 0 aliphatic heterocycles. The molecular weight excluding hydrogens is 721 g/mol. The van der Waals surface area contributed by atoms with Crippen LogP contribution in [0.3, 0.4) is 0 Å². The van der Waals surface area contributed by atoms with E-state index in [4.69, 9.17) is 28.8 Å². The van der Waals surface area contributed by atoms with Crippen molar-refractivity contribution in [3.05, 3.63) is 170 Å². The molecule has 0 N–H and O–H groups in total. The fraction of sp³-hybridized carbons (Fsp3) is 0. The number of hydrogen-bond donors (Lipinski definition) is 0. The second-order valence-electron chi connectivity index (χ2n) is 14.1. The van der Waals surface area contributed by atoms with Crippen molar-refractivity contribution >= 4 is 75.3 Å². The molecule has 4 heterocycles. The van der Waals surface area contributed by atoms with E-state index in [1.54, 1.807) is 11.3 Å². The molecule has 8 aromatic carbocycles. The number of furan rings is 1. The molecule has 0 amide bonds. The third-order valence-corrected chi connectivity index (χ3v) is 11.9. The standard InChI is InChI=1S/C50H28N4O2S/c1-3-12-30(13-4-1)47-52-48(32-22-24-34-33-17-8-10-21-41(33)57-42(34)28-32)54-49(53-47)38-26-25-36(45-44(38)37-18-7-9-20-40(37)55-45)35-19-11-16-29-23-27-39-46(43(29)35)56-50(51-39)31-14-5-2-6-15-31/h1-28H. The van der Waals surface area contributed by atoms with Crippen LogP contribution >= 0.6 is 11.3 Å². The number of para-hydroxylation sites is 1. The molecule has 0 saturated carbocycles. The highest BCUT2D eigenvalue weighted by molar-refractivity contribution is 7.25. The van der Waals surface area contributed by atoms with Gasteiger partial charge in [0.05, 0.1) is 0 Å². The minimum atomic E-state index is 0.571. The third kappa shape index (κ3) is 5.10. The van der Waals surface area contributed by atoms with E-state index < -0.39 is 0 Å². The summed E-state index contributed by atoms with van der Waals surface area (Å²) in [6, 6.07) is 58.0. The zero-order valence-electron chi connectivity index (χ0n) is 30.2. The van der Waals surface area contributed by atoms with Crippen LogP contribution < -0.4 is 0 Å². The van der Waals surface area contributed by atoms with Crippen LogP contribution in [0.2, 0.25) is 0 Å². The Morgan fingerprint density at radius 2 is 1.09 bits per heavy atom. The van der Waals surface area contributed by atoms with E-state index in [9.17, 15) is 0 Å². The Balaban J connectivity index is 1.10. The van der Waals surface area contributed by atoms with Crippen LogP contribution in [0.4, 0.5) is 0 Å². The molecule has 266 valence electrons. The molecule has 4 aromatic heterocycles. The lowest BCUT2D eigenvalue weighted by Crippen LogP contribution is -2.00. The van der Waals surface area contributed by atoms with Gasteiger partial charge in [-0.2, -0.15) is 0 Å². The number of oxazole rings is 1. The minimum Gasteiger partial charge on any atom is -0.455 e. The fourth-order valence-corrected chi connectivity index (χ4v) is 9.26. The predicted molar refractivity (Wildman–Crippen MR) is 232 cm³/mol. The van der Waals surface area contributed by atoms with Gasteiger partial charge in [0.2, 0.25) is 5.89 Å². The number of thiophene rings is 1. The van der Waals surface area contributed by atoms with Crippen molar-refractivity contribution in [3.63, 3.8) is 0 Å². The van der Waals surface area contributed by atoms with Crippen LogP contribution in [-0.4, -0.2) is 19.9 Å². The summed E-state index contributed by atoms with van der Waals surface area (Å²) in [6.07, 6.45) is 0. The molecule has 0 atom stereocenters. The fourth-order valence-electron chi connectivity index (χ4n) is 8.12. The number of hydrogen-bond acceptors (Lipinski definition) is 7. The molecule has 0 bridgehead atoms. The Morgan fingerprint density at radius 3 is 1.95 bits per heavy atom. The Morgan fingerprint density at radius 1 is 0.386 bits per heavy atom. The summed E-state index contributed by atoms with van der Waals surface area (Å²) >= 11 is 1.78. The van der Waals surface area contributed by atoms with Crippen LogP contribution in [0, 0.1) is 0 Å². The number of benzene rings is 8. The monoisotopic (exact) mass is 748 g/mol. The maximum Gasteiger partial charge on any atom is 0.227 e. The quantitative estimate of drug-likeness (QED) is 0.174. The molecule has 0 aliphatic rings. The van der Waals surface area contributed by atoms with Gasteiger partial charge < -0.3 is 8.83 Å². The zero-order valence-corrected chi connectivity index (χ0v) is 31.0. The zero-order chi connectivity index (χ0) is 37.5. The number of fused-ring (bicyclic) bond motifs is 9. The Bertz CT molecular complexity index is 3530.